The standard InChI is InChI=1S/C20H22ClNO6/c1-4-27-19-16(21)9-14(10-17(19)26-3)20(24)28-12-18(23)22-11-13-5-7-15(25-2)8-6-13/h5-10H,4,11-12H2,1-3H3,(H,22,23). The predicted molar refractivity (Wildman–Crippen MR) is 104 cm³/mol. The van der Waals surface area contributed by atoms with Crippen LogP contribution in [0, 0.1) is 0 Å². The van der Waals surface area contributed by atoms with Crippen LogP contribution in [0.1, 0.15) is 22.8 Å². The van der Waals surface area contributed by atoms with E-state index in [0.717, 1.165) is 11.3 Å². The van der Waals surface area contributed by atoms with Gasteiger partial charge >= 0.3 is 5.97 Å². The van der Waals surface area contributed by atoms with E-state index in [-0.39, 0.29) is 10.6 Å². The maximum absolute atomic E-state index is 12.2. The van der Waals surface area contributed by atoms with Crippen LogP contribution in [0.25, 0.3) is 0 Å². The van der Waals surface area contributed by atoms with Crippen LogP contribution in [0.2, 0.25) is 5.02 Å². The first-order chi connectivity index (χ1) is 13.5. The first kappa shape index (κ1) is 21.4. The van der Waals surface area contributed by atoms with E-state index in [2.05, 4.69) is 5.32 Å². The Bertz CT molecular complexity index is 822. The number of ether oxygens (including phenoxy) is 4. The Morgan fingerprint density at radius 2 is 1.79 bits per heavy atom. The molecule has 0 radical (unpaired) electrons. The molecule has 0 spiro atoms. The minimum atomic E-state index is -0.692. The van der Waals surface area contributed by atoms with Crippen LogP contribution in [-0.4, -0.2) is 39.3 Å². The van der Waals surface area contributed by atoms with Crippen molar-refractivity contribution in [2.75, 3.05) is 27.4 Å². The molecule has 0 aliphatic carbocycles. The lowest BCUT2D eigenvalue weighted by molar-refractivity contribution is -0.124. The molecule has 7 nitrogen and oxygen atoms in total. The third-order valence-electron chi connectivity index (χ3n) is 3.74. The van der Waals surface area contributed by atoms with Crippen molar-refractivity contribution < 1.29 is 28.5 Å². The van der Waals surface area contributed by atoms with E-state index in [0.29, 0.717) is 24.7 Å². The zero-order valence-corrected chi connectivity index (χ0v) is 16.7. The molecule has 1 amide bonds. The van der Waals surface area contributed by atoms with E-state index < -0.39 is 18.5 Å². The van der Waals surface area contributed by atoms with Crippen molar-refractivity contribution in [3.8, 4) is 17.2 Å². The minimum Gasteiger partial charge on any atom is -0.497 e. The average molecular weight is 408 g/mol. The van der Waals surface area contributed by atoms with Gasteiger partial charge in [0.05, 0.1) is 31.4 Å². The number of benzene rings is 2. The van der Waals surface area contributed by atoms with E-state index in [4.69, 9.17) is 30.5 Å². The summed E-state index contributed by atoms with van der Waals surface area (Å²) in [5.74, 6) is 0.273. The Kier molecular flexibility index (Phi) is 7.95. The fourth-order valence-corrected chi connectivity index (χ4v) is 2.60. The number of carbonyl (C=O) groups is 2. The fraction of sp³-hybridized carbons (Fsp3) is 0.300. The van der Waals surface area contributed by atoms with Gasteiger partial charge in [-0.3, -0.25) is 4.79 Å². The highest BCUT2D eigenvalue weighted by Gasteiger charge is 2.17. The molecule has 0 aliphatic rings. The molecule has 0 aromatic heterocycles. The van der Waals surface area contributed by atoms with E-state index in [1.54, 1.807) is 19.2 Å². The van der Waals surface area contributed by atoms with Crippen molar-refractivity contribution in [2.24, 2.45) is 0 Å². The smallest absolute Gasteiger partial charge is 0.338 e. The largest absolute Gasteiger partial charge is 0.497 e. The highest BCUT2D eigenvalue weighted by atomic mass is 35.5. The predicted octanol–water partition coefficient (Wildman–Crippen LogP) is 3.23. The average Bonchev–Trinajstić information content (AvgIpc) is 2.72. The van der Waals surface area contributed by atoms with Crippen LogP contribution in [0.4, 0.5) is 0 Å². The Morgan fingerprint density at radius 3 is 2.39 bits per heavy atom. The van der Waals surface area contributed by atoms with Gasteiger partial charge in [-0.05, 0) is 36.8 Å². The van der Waals surface area contributed by atoms with Crippen LogP contribution in [0.15, 0.2) is 36.4 Å². The van der Waals surface area contributed by atoms with Crippen molar-refractivity contribution in [1.82, 2.24) is 5.32 Å². The van der Waals surface area contributed by atoms with Crippen molar-refractivity contribution >= 4 is 23.5 Å². The SMILES string of the molecule is CCOc1c(Cl)cc(C(=O)OCC(=O)NCc2ccc(OC)cc2)cc1OC. The fourth-order valence-electron chi connectivity index (χ4n) is 2.33. The van der Waals surface area contributed by atoms with E-state index in [1.807, 2.05) is 19.1 Å². The molecule has 8 heteroatoms. The summed E-state index contributed by atoms with van der Waals surface area (Å²) in [7, 11) is 3.02. The summed E-state index contributed by atoms with van der Waals surface area (Å²) in [5, 5.41) is 2.89. The summed E-state index contributed by atoms with van der Waals surface area (Å²) in [6.45, 7) is 2.10. The number of nitrogens with one attached hydrogen (secondary N) is 1. The first-order valence-corrected chi connectivity index (χ1v) is 8.93. The van der Waals surface area contributed by atoms with Gasteiger partial charge in [0.25, 0.3) is 5.91 Å². The number of hydrogen-bond donors (Lipinski definition) is 1. The summed E-state index contributed by atoms with van der Waals surface area (Å²) >= 11 is 6.14. The number of carbonyl (C=O) groups excluding carboxylic acids is 2. The van der Waals surface area contributed by atoms with Gasteiger partial charge in [-0.2, -0.15) is 0 Å². The van der Waals surface area contributed by atoms with E-state index in [9.17, 15) is 9.59 Å². The summed E-state index contributed by atoms with van der Waals surface area (Å²) in [5.41, 5.74) is 1.05. The second-order valence-corrected chi connectivity index (χ2v) is 6.03. The number of rotatable bonds is 9. The normalized spacial score (nSPS) is 10.1. The monoisotopic (exact) mass is 407 g/mol. The highest BCUT2D eigenvalue weighted by Crippen LogP contribution is 2.36. The lowest BCUT2D eigenvalue weighted by Crippen LogP contribution is -2.28. The van der Waals surface area contributed by atoms with Gasteiger partial charge in [0.1, 0.15) is 5.75 Å². The Balaban J connectivity index is 1.90. The number of esters is 1. The van der Waals surface area contributed by atoms with Gasteiger partial charge in [-0.1, -0.05) is 23.7 Å². The lowest BCUT2D eigenvalue weighted by atomic mass is 10.2. The molecule has 2 rings (SSSR count). The van der Waals surface area contributed by atoms with Crippen molar-refractivity contribution in [3.63, 3.8) is 0 Å². The topological polar surface area (TPSA) is 83.1 Å². The molecule has 0 fully saturated rings. The molecule has 0 aliphatic heterocycles. The maximum Gasteiger partial charge on any atom is 0.338 e. The second-order valence-electron chi connectivity index (χ2n) is 5.62. The molecule has 0 unspecified atom stereocenters. The molecular formula is C20H22ClNO6. The Hall–Kier alpha value is -2.93. The molecule has 0 bridgehead atoms. The zero-order valence-electron chi connectivity index (χ0n) is 15.9. The van der Waals surface area contributed by atoms with Crippen molar-refractivity contribution in [1.29, 1.82) is 0 Å². The first-order valence-electron chi connectivity index (χ1n) is 8.55. The van der Waals surface area contributed by atoms with Crippen LogP contribution >= 0.6 is 11.6 Å². The second kappa shape index (κ2) is 10.4. The maximum atomic E-state index is 12.2. The minimum absolute atomic E-state index is 0.160. The van der Waals surface area contributed by atoms with Gasteiger partial charge in [0.2, 0.25) is 0 Å². The van der Waals surface area contributed by atoms with Gasteiger partial charge in [-0.25, -0.2) is 4.79 Å². The molecule has 28 heavy (non-hydrogen) atoms. The van der Waals surface area contributed by atoms with E-state index >= 15 is 0 Å². The molecular weight excluding hydrogens is 386 g/mol. The number of hydrogen-bond acceptors (Lipinski definition) is 6. The quantitative estimate of drug-likeness (QED) is 0.642. The molecule has 0 heterocycles. The third kappa shape index (κ3) is 5.79. The zero-order chi connectivity index (χ0) is 20.5. The molecule has 0 saturated carbocycles. The Morgan fingerprint density at radius 1 is 1.07 bits per heavy atom. The molecule has 2 aromatic rings. The molecule has 2 aromatic carbocycles. The highest BCUT2D eigenvalue weighted by molar-refractivity contribution is 6.32. The summed E-state index contributed by atoms with van der Waals surface area (Å²) in [6, 6.07) is 10.1. The summed E-state index contributed by atoms with van der Waals surface area (Å²) in [6.07, 6.45) is 0. The van der Waals surface area contributed by atoms with Gasteiger partial charge < -0.3 is 24.3 Å². The van der Waals surface area contributed by atoms with Crippen LogP contribution in [0.3, 0.4) is 0 Å². The van der Waals surface area contributed by atoms with Crippen LogP contribution in [-0.2, 0) is 16.1 Å². The molecule has 150 valence electrons. The van der Waals surface area contributed by atoms with Crippen LogP contribution < -0.4 is 19.5 Å². The van der Waals surface area contributed by atoms with Crippen molar-refractivity contribution in [2.45, 2.75) is 13.5 Å². The third-order valence-corrected chi connectivity index (χ3v) is 4.02. The molecule has 0 saturated heterocycles. The summed E-state index contributed by atoms with van der Waals surface area (Å²) < 4.78 is 20.7. The Labute approximate surface area is 168 Å². The molecule has 1 N–H and O–H groups in total. The lowest BCUT2D eigenvalue weighted by Gasteiger charge is -2.13. The van der Waals surface area contributed by atoms with Gasteiger partial charge in [0, 0.05) is 6.54 Å². The number of methoxy groups -OCH3 is 2. The van der Waals surface area contributed by atoms with E-state index in [1.165, 1.54) is 19.2 Å². The number of amides is 1. The van der Waals surface area contributed by atoms with Crippen LogP contribution in [0.5, 0.6) is 17.2 Å². The van der Waals surface area contributed by atoms with Crippen molar-refractivity contribution in [3.05, 3.63) is 52.5 Å². The summed E-state index contributed by atoms with van der Waals surface area (Å²) in [4.78, 5) is 24.1. The van der Waals surface area contributed by atoms with Gasteiger partial charge in [0.15, 0.2) is 18.1 Å². The number of halogens is 1. The van der Waals surface area contributed by atoms with Gasteiger partial charge in [-0.15, -0.1) is 0 Å². The molecule has 0 atom stereocenters.